The molecule has 0 bridgehead atoms. The van der Waals surface area contributed by atoms with Gasteiger partial charge in [-0.25, -0.2) is 0 Å². The molecule has 4 nitrogen and oxygen atoms in total. The van der Waals surface area contributed by atoms with Crippen LogP contribution in [0.2, 0.25) is 17.3 Å². The van der Waals surface area contributed by atoms with Gasteiger partial charge in [-0.15, -0.1) is 17.7 Å². The van der Waals surface area contributed by atoms with E-state index in [4.69, 9.17) is 14.4 Å². The Hall–Kier alpha value is -5.07. The molecular formula is C64H71GeIrN3O-2. The number of rotatable bonds is 9. The van der Waals surface area contributed by atoms with Gasteiger partial charge < -0.3 is 8.98 Å². The van der Waals surface area contributed by atoms with E-state index in [2.05, 4.69) is 212 Å². The molecule has 0 atom stereocenters. The summed E-state index contributed by atoms with van der Waals surface area (Å²) in [5.41, 5.74) is 17.3. The molecule has 0 spiro atoms. The van der Waals surface area contributed by atoms with Crippen LogP contribution in [0, 0.1) is 12.1 Å². The molecule has 0 unspecified atom stereocenters. The SMILES string of the molecule is CC(C)c1cc(-c2ccccc2)cc(C(C)C)c1-n1c(-c2[c-]cc(C(C)C)c3c2oc2cc(C(C)(C)C)ccc23)nc2ccccc21.[CH3][Ge]([CH3])([CH3])[c]1cnc(-c2[c-]cccc2)cc1C1CCCCC1.[Ir]. The minimum atomic E-state index is -1.89. The van der Waals surface area contributed by atoms with Crippen molar-refractivity contribution in [3.63, 3.8) is 0 Å². The molecule has 10 rings (SSSR count). The van der Waals surface area contributed by atoms with Crippen LogP contribution in [0.5, 0.6) is 0 Å². The van der Waals surface area contributed by atoms with Crippen molar-refractivity contribution in [2.24, 2.45) is 0 Å². The van der Waals surface area contributed by atoms with Gasteiger partial charge in [0.05, 0.1) is 22.4 Å². The second-order valence-electron chi connectivity index (χ2n) is 22.5. The van der Waals surface area contributed by atoms with Gasteiger partial charge in [0, 0.05) is 31.2 Å². The first-order chi connectivity index (χ1) is 33.0. The third-order valence-corrected chi connectivity index (χ3v) is 18.6. The van der Waals surface area contributed by atoms with E-state index in [-0.39, 0.29) is 37.4 Å². The molecule has 363 valence electrons. The van der Waals surface area contributed by atoms with Crippen LogP contribution in [-0.2, 0) is 25.5 Å². The first-order valence-electron chi connectivity index (χ1n) is 25.6. The Morgan fingerprint density at radius 3 is 1.99 bits per heavy atom. The number of hydrogen-bond donors (Lipinski definition) is 0. The van der Waals surface area contributed by atoms with Gasteiger partial charge in [-0.3, -0.25) is 4.98 Å². The molecule has 1 radical (unpaired) electrons. The number of imidazole rings is 1. The normalized spacial score (nSPS) is 13.6. The van der Waals surface area contributed by atoms with E-state index in [9.17, 15) is 0 Å². The molecule has 0 N–H and O–H groups in total. The fourth-order valence-electron chi connectivity index (χ4n) is 10.5. The number of aromatic nitrogens is 3. The average molecular weight is 1160 g/mol. The van der Waals surface area contributed by atoms with Gasteiger partial charge in [0.2, 0.25) is 0 Å². The quantitative estimate of drug-likeness (QED) is 0.107. The molecule has 70 heavy (non-hydrogen) atoms. The minimum Gasteiger partial charge on any atom is 0 e. The minimum absolute atomic E-state index is 0. The Balaban J connectivity index is 0.000000240. The summed E-state index contributed by atoms with van der Waals surface area (Å²) in [4.78, 5) is 10.2. The predicted octanol–water partition coefficient (Wildman–Crippen LogP) is 17.9. The number of fused-ring (bicyclic) bond motifs is 4. The van der Waals surface area contributed by atoms with Crippen LogP contribution in [-0.4, -0.2) is 27.8 Å². The van der Waals surface area contributed by atoms with Crippen LogP contribution in [0.25, 0.3) is 72.4 Å². The third kappa shape index (κ3) is 10.3. The number of para-hydroxylation sites is 2. The van der Waals surface area contributed by atoms with E-state index >= 15 is 0 Å². The number of hydrogen-bond acceptors (Lipinski definition) is 3. The Labute approximate surface area is 434 Å². The van der Waals surface area contributed by atoms with E-state index in [0.717, 1.165) is 61.5 Å². The maximum atomic E-state index is 6.90. The Morgan fingerprint density at radius 2 is 1.36 bits per heavy atom. The number of pyridine rings is 1. The van der Waals surface area contributed by atoms with Crippen LogP contribution in [0.4, 0.5) is 0 Å². The fourth-order valence-corrected chi connectivity index (χ4v) is 13.9. The summed E-state index contributed by atoms with van der Waals surface area (Å²) in [6.07, 6.45) is 9.08. The third-order valence-electron chi connectivity index (χ3n) is 14.4. The molecule has 6 heteroatoms. The smallest absolute Gasteiger partial charge is 0 e. The molecule has 0 aliphatic heterocycles. The second kappa shape index (κ2) is 21.0. The van der Waals surface area contributed by atoms with Gasteiger partial charge in [-0.1, -0.05) is 134 Å². The van der Waals surface area contributed by atoms with Crippen LogP contribution in [0.1, 0.15) is 146 Å². The largest absolute Gasteiger partial charge is 0 e. The molecule has 1 aliphatic carbocycles. The molecule has 1 aliphatic rings. The van der Waals surface area contributed by atoms with E-state index in [0.29, 0.717) is 5.92 Å². The van der Waals surface area contributed by atoms with Crippen molar-refractivity contribution >= 4 is 50.6 Å². The molecule has 9 aromatic rings. The van der Waals surface area contributed by atoms with E-state index in [1.807, 2.05) is 12.1 Å². The van der Waals surface area contributed by atoms with Crippen molar-refractivity contribution in [3.8, 4) is 39.5 Å². The first kappa shape index (κ1) is 51.3. The Morgan fingerprint density at radius 1 is 0.700 bits per heavy atom. The summed E-state index contributed by atoms with van der Waals surface area (Å²) in [5.74, 6) is 9.95. The summed E-state index contributed by atoms with van der Waals surface area (Å²) in [6.45, 7) is 20.4. The predicted molar refractivity (Wildman–Crippen MR) is 296 cm³/mol. The van der Waals surface area contributed by atoms with Crippen molar-refractivity contribution in [2.75, 3.05) is 0 Å². The van der Waals surface area contributed by atoms with Crippen molar-refractivity contribution in [1.29, 1.82) is 0 Å². The Bertz CT molecular complexity index is 3220. The summed E-state index contributed by atoms with van der Waals surface area (Å²) < 4.78 is 10.9. The second-order valence-corrected chi connectivity index (χ2v) is 33.1. The maximum Gasteiger partial charge on any atom is 0 e. The van der Waals surface area contributed by atoms with Gasteiger partial charge >= 0.3 is 137 Å². The van der Waals surface area contributed by atoms with Crippen LogP contribution in [0.15, 0.2) is 132 Å². The molecule has 6 aromatic carbocycles. The Kier molecular flexibility index (Phi) is 15.4. The number of furan rings is 1. The van der Waals surface area contributed by atoms with E-state index in [1.54, 1.807) is 9.96 Å². The van der Waals surface area contributed by atoms with Gasteiger partial charge in [0.15, 0.2) is 0 Å². The fraction of sp³-hybridized carbons (Fsp3) is 0.344. The maximum absolute atomic E-state index is 6.90. The molecule has 1 fully saturated rings. The van der Waals surface area contributed by atoms with E-state index in [1.165, 1.54) is 71.2 Å². The zero-order chi connectivity index (χ0) is 48.8. The standard InChI is InChI=1S/C44H45N2O.C20H26GeN.Ir/c1-26(2)32-21-22-34(42-40(32)33-20-19-31(44(7,8)9)25-39(33)47-42)43-45-37-17-13-14-18-38(37)46(43)41-35(27(3)4)23-30(24-36(41)28(5)6)29-15-11-10-12-16-29;1-21(2,3)19-15-22-20(17-12-8-5-9-13-17)14-18(19)16-10-6-4-7-11-16;/h10-21,23-28H,1-9H3;5,8-9,12,14-16H,4,6-7,10-11H2,1-3H3;/q2*-1;. The summed E-state index contributed by atoms with van der Waals surface area (Å²) in [7, 11) is 0. The first-order valence-corrected chi connectivity index (χ1v) is 32.9. The molecular weight excluding hydrogens is 1090 g/mol. The number of nitrogens with zero attached hydrogens (tertiary/aromatic N) is 3. The summed E-state index contributed by atoms with van der Waals surface area (Å²) in [5, 5.41) is 2.31. The summed E-state index contributed by atoms with van der Waals surface area (Å²) in [6, 6.07) is 50.5. The van der Waals surface area contributed by atoms with Crippen molar-refractivity contribution in [2.45, 2.75) is 141 Å². The van der Waals surface area contributed by atoms with Crippen molar-refractivity contribution in [3.05, 3.63) is 167 Å². The van der Waals surface area contributed by atoms with Gasteiger partial charge in [0.25, 0.3) is 0 Å². The zero-order valence-corrected chi connectivity index (χ0v) is 48.0. The zero-order valence-electron chi connectivity index (χ0n) is 43.6. The molecule has 3 aromatic heterocycles. The van der Waals surface area contributed by atoms with Crippen LogP contribution < -0.4 is 4.40 Å². The van der Waals surface area contributed by atoms with Gasteiger partial charge in [0.1, 0.15) is 5.58 Å². The summed E-state index contributed by atoms with van der Waals surface area (Å²) >= 11 is -1.89. The topological polar surface area (TPSA) is 43.9 Å². The monoisotopic (exact) mass is 1160 g/mol. The average Bonchev–Trinajstić information content (AvgIpc) is 3.92. The van der Waals surface area contributed by atoms with Gasteiger partial charge in [-0.05, 0) is 75.4 Å². The molecule has 3 heterocycles. The molecule has 0 amide bonds. The van der Waals surface area contributed by atoms with Crippen molar-refractivity contribution in [1.82, 2.24) is 14.5 Å². The van der Waals surface area contributed by atoms with Crippen molar-refractivity contribution < 1.29 is 24.5 Å². The molecule has 1 saturated carbocycles. The van der Waals surface area contributed by atoms with Crippen LogP contribution >= 0.6 is 0 Å². The number of benzene rings is 6. The van der Waals surface area contributed by atoms with Crippen LogP contribution in [0.3, 0.4) is 0 Å². The van der Waals surface area contributed by atoms with Gasteiger partial charge in [-0.2, -0.15) is 0 Å². The molecule has 0 saturated heterocycles. The van der Waals surface area contributed by atoms with E-state index < -0.39 is 13.3 Å².